The van der Waals surface area contributed by atoms with Crippen LogP contribution in [-0.2, 0) is 12.6 Å². The number of rotatable bonds is 5. The predicted octanol–water partition coefficient (Wildman–Crippen LogP) is 1.55. The number of hydrogen-bond acceptors (Lipinski definition) is 4. The van der Waals surface area contributed by atoms with Gasteiger partial charge in [0.2, 0.25) is 0 Å². The summed E-state index contributed by atoms with van der Waals surface area (Å²) >= 11 is 0. The van der Waals surface area contributed by atoms with Gasteiger partial charge in [-0.3, -0.25) is 9.48 Å². The van der Waals surface area contributed by atoms with Crippen LogP contribution in [0, 0.1) is 6.92 Å². The minimum Gasteiger partial charge on any atom is -0.383 e. The predicted molar refractivity (Wildman–Crippen MR) is 93.4 cm³/mol. The molecule has 0 aliphatic carbocycles. The normalized spacial score (nSPS) is 13.4. The average Bonchev–Trinajstić information content (AvgIpc) is 3.23. The van der Waals surface area contributed by atoms with E-state index in [0.717, 1.165) is 11.3 Å². The SMILES string of the molecule is Cc1ccccc1-n1cc(C(=O)NCC(C)(O)c2cnn(C)c2)cn1. The van der Waals surface area contributed by atoms with E-state index < -0.39 is 5.60 Å². The lowest BCUT2D eigenvalue weighted by Gasteiger charge is -2.22. The van der Waals surface area contributed by atoms with Crippen LogP contribution in [-0.4, -0.2) is 37.1 Å². The lowest BCUT2D eigenvalue weighted by Crippen LogP contribution is -2.38. The molecule has 2 heterocycles. The molecular weight excluding hydrogens is 318 g/mol. The first-order valence-electron chi connectivity index (χ1n) is 7.97. The van der Waals surface area contributed by atoms with Gasteiger partial charge in [-0.15, -0.1) is 0 Å². The quantitative estimate of drug-likeness (QED) is 0.739. The van der Waals surface area contributed by atoms with E-state index >= 15 is 0 Å². The molecule has 1 aromatic carbocycles. The summed E-state index contributed by atoms with van der Waals surface area (Å²) in [6.07, 6.45) is 6.50. The van der Waals surface area contributed by atoms with Crippen molar-refractivity contribution in [1.29, 1.82) is 0 Å². The van der Waals surface area contributed by atoms with E-state index in [-0.39, 0.29) is 12.5 Å². The first-order valence-corrected chi connectivity index (χ1v) is 7.97. The fourth-order valence-electron chi connectivity index (χ4n) is 2.55. The second-order valence-corrected chi connectivity index (χ2v) is 6.32. The smallest absolute Gasteiger partial charge is 0.254 e. The van der Waals surface area contributed by atoms with Crippen LogP contribution in [0.25, 0.3) is 5.69 Å². The monoisotopic (exact) mass is 339 g/mol. The molecule has 130 valence electrons. The number of aromatic nitrogens is 4. The van der Waals surface area contributed by atoms with Gasteiger partial charge in [-0.05, 0) is 25.5 Å². The number of hydrogen-bond donors (Lipinski definition) is 2. The molecule has 1 unspecified atom stereocenters. The number of benzene rings is 1. The molecule has 0 radical (unpaired) electrons. The fraction of sp³-hybridized carbons (Fsp3) is 0.278. The lowest BCUT2D eigenvalue weighted by atomic mass is 10.00. The zero-order valence-electron chi connectivity index (χ0n) is 14.5. The Balaban J connectivity index is 1.69. The van der Waals surface area contributed by atoms with Crippen molar-refractivity contribution in [3.8, 4) is 5.69 Å². The standard InChI is InChI=1S/C18H21N5O2/c1-13-6-4-5-7-16(13)23-10-14(8-21-23)17(24)19-12-18(2,25)15-9-20-22(3)11-15/h4-11,25H,12H2,1-3H3,(H,19,24). The minimum atomic E-state index is -1.20. The van der Waals surface area contributed by atoms with Crippen LogP contribution in [0.15, 0.2) is 49.1 Å². The maximum absolute atomic E-state index is 12.4. The van der Waals surface area contributed by atoms with Crippen LogP contribution in [0.1, 0.15) is 28.4 Å². The van der Waals surface area contributed by atoms with E-state index in [2.05, 4.69) is 15.5 Å². The van der Waals surface area contributed by atoms with Gasteiger partial charge in [0.15, 0.2) is 0 Å². The second-order valence-electron chi connectivity index (χ2n) is 6.32. The highest BCUT2D eigenvalue weighted by Gasteiger charge is 2.25. The van der Waals surface area contributed by atoms with Gasteiger partial charge in [0.1, 0.15) is 5.60 Å². The molecule has 7 nitrogen and oxygen atoms in total. The number of aliphatic hydroxyl groups is 1. The van der Waals surface area contributed by atoms with Crippen LogP contribution < -0.4 is 5.32 Å². The van der Waals surface area contributed by atoms with Gasteiger partial charge in [0.05, 0.1) is 30.2 Å². The summed E-state index contributed by atoms with van der Waals surface area (Å²) in [7, 11) is 1.78. The van der Waals surface area contributed by atoms with E-state index in [1.54, 1.807) is 41.9 Å². The molecule has 0 fully saturated rings. The zero-order chi connectivity index (χ0) is 18.0. The molecule has 3 aromatic rings. The summed E-state index contributed by atoms with van der Waals surface area (Å²) in [4.78, 5) is 12.4. The summed E-state index contributed by atoms with van der Waals surface area (Å²) in [5, 5.41) is 21.6. The molecule has 25 heavy (non-hydrogen) atoms. The highest BCUT2D eigenvalue weighted by molar-refractivity contribution is 5.93. The Morgan fingerprint density at radius 2 is 2.00 bits per heavy atom. The third-order valence-corrected chi connectivity index (χ3v) is 4.13. The zero-order valence-corrected chi connectivity index (χ0v) is 14.5. The number of carbonyl (C=O) groups is 1. The molecule has 7 heteroatoms. The molecule has 1 atom stereocenters. The summed E-state index contributed by atoms with van der Waals surface area (Å²) in [5.41, 5.74) is 1.87. The third kappa shape index (κ3) is 3.61. The molecular formula is C18H21N5O2. The number of amides is 1. The van der Waals surface area contributed by atoms with E-state index in [1.807, 2.05) is 31.2 Å². The Hall–Kier alpha value is -2.93. The molecule has 2 aromatic heterocycles. The van der Waals surface area contributed by atoms with E-state index in [0.29, 0.717) is 11.1 Å². The van der Waals surface area contributed by atoms with Crippen molar-refractivity contribution in [3.63, 3.8) is 0 Å². The van der Waals surface area contributed by atoms with E-state index in [4.69, 9.17) is 0 Å². The van der Waals surface area contributed by atoms with Gasteiger partial charge >= 0.3 is 0 Å². The number of carbonyl (C=O) groups excluding carboxylic acids is 1. The molecule has 0 spiro atoms. The lowest BCUT2D eigenvalue weighted by molar-refractivity contribution is 0.0526. The number of nitrogens with one attached hydrogen (secondary N) is 1. The Morgan fingerprint density at radius 1 is 1.24 bits per heavy atom. The number of aryl methyl sites for hydroxylation is 2. The molecule has 0 saturated heterocycles. The highest BCUT2D eigenvalue weighted by Crippen LogP contribution is 2.19. The van der Waals surface area contributed by atoms with E-state index in [9.17, 15) is 9.90 Å². The van der Waals surface area contributed by atoms with Crippen molar-refractivity contribution in [2.24, 2.45) is 7.05 Å². The van der Waals surface area contributed by atoms with Crippen molar-refractivity contribution in [3.05, 3.63) is 65.7 Å². The first kappa shape index (κ1) is 16.9. The van der Waals surface area contributed by atoms with Crippen molar-refractivity contribution < 1.29 is 9.90 Å². The Kier molecular flexibility index (Phi) is 4.41. The summed E-state index contributed by atoms with van der Waals surface area (Å²) in [6.45, 7) is 3.70. The van der Waals surface area contributed by atoms with Gasteiger partial charge < -0.3 is 10.4 Å². The highest BCUT2D eigenvalue weighted by atomic mass is 16.3. The Labute approximate surface area is 145 Å². The van der Waals surface area contributed by atoms with Gasteiger partial charge in [-0.2, -0.15) is 10.2 Å². The largest absolute Gasteiger partial charge is 0.383 e. The molecule has 1 amide bonds. The summed E-state index contributed by atoms with van der Waals surface area (Å²) < 4.78 is 3.28. The topological polar surface area (TPSA) is 85.0 Å². The minimum absolute atomic E-state index is 0.0765. The maximum atomic E-state index is 12.4. The van der Waals surface area contributed by atoms with Crippen molar-refractivity contribution in [2.45, 2.75) is 19.4 Å². The summed E-state index contributed by atoms with van der Waals surface area (Å²) in [6, 6.07) is 7.81. The average molecular weight is 339 g/mol. The van der Waals surface area contributed by atoms with Gasteiger partial charge in [-0.25, -0.2) is 4.68 Å². The van der Waals surface area contributed by atoms with Crippen molar-refractivity contribution in [1.82, 2.24) is 24.9 Å². The molecule has 0 saturated carbocycles. The fourth-order valence-corrected chi connectivity index (χ4v) is 2.55. The molecule has 0 bridgehead atoms. The van der Waals surface area contributed by atoms with Crippen LogP contribution in [0.5, 0.6) is 0 Å². The van der Waals surface area contributed by atoms with Crippen LogP contribution in [0.2, 0.25) is 0 Å². The molecule has 0 aliphatic rings. The molecule has 0 aliphatic heterocycles. The molecule has 2 N–H and O–H groups in total. The van der Waals surface area contributed by atoms with Crippen molar-refractivity contribution in [2.75, 3.05) is 6.54 Å². The third-order valence-electron chi connectivity index (χ3n) is 4.13. The summed E-state index contributed by atoms with van der Waals surface area (Å²) in [5.74, 6) is -0.288. The van der Waals surface area contributed by atoms with Gasteiger partial charge in [0, 0.05) is 25.0 Å². The van der Waals surface area contributed by atoms with Crippen molar-refractivity contribution >= 4 is 5.91 Å². The van der Waals surface area contributed by atoms with Crippen LogP contribution >= 0.6 is 0 Å². The Bertz CT molecular complexity index is 894. The maximum Gasteiger partial charge on any atom is 0.254 e. The Morgan fingerprint density at radius 3 is 2.68 bits per heavy atom. The number of para-hydroxylation sites is 1. The first-order chi connectivity index (χ1) is 11.9. The molecule has 3 rings (SSSR count). The van der Waals surface area contributed by atoms with Crippen LogP contribution in [0.3, 0.4) is 0 Å². The van der Waals surface area contributed by atoms with Crippen LogP contribution in [0.4, 0.5) is 0 Å². The number of nitrogens with zero attached hydrogens (tertiary/aromatic N) is 4. The van der Waals surface area contributed by atoms with Gasteiger partial charge in [0.25, 0.3) is 5.91 Å². The van der Waals surface area contributed by atoms with Gasteiger partial charge in [-0.1, -0.05) is 18.2 Å². The second kappa shape index (κ2) is 6.52. The van der Waals surface area contributed by atoms with E-state index in [1.165, 1.54) is 6.20 Å².